The van der Waals surface area contributed by atoms with E-state index in [1.54, 1.807) is 12.1 Å². The lowest BCUT2D eigenvalue weighted by Crippen LogP contribution is -2.34. The average molecular weight is 425 g/mol. The third-order valence-corrected chi connectivity index (χ3v) is 6.94. The molecule has 1 aliphatic rings. The highest BCUT2D eigenvalue weighted by atomic mass is 32.2. The molecule has 164 valence electrons. The van der Waals surface area contributed by atoms with Crippen molar-refractivity contribution in [3.8, 4) is 0 Å². The Labute approximate surface area is 175 Å². The maximum atomic E-state index is 12.4. The van der Waals surface area contributed by atoms with Crippen LogP contribution in [0.25, 0.3) is 0 Å². The molecule has 2 atom stereocenters. The molecular weight excluding hydrogens is 388 g/mol. The molecule has 1 aromatic carbocycles. The molecule has 0 bridgehead atoms. The van der Waals surface area contributed by atoms with Crippen LogP contribution in [-0.2, 0) is 25.0 Å². The topological polar surface area (TPSA) is 84.5 Å². The van der Waals surface area contributed by atoms with E-state index in [0.29, 0.717) is 19.1 Å². The first-order valence-electron chi connectivity index (χ1n) is 10.6. The highest BCUT2D eigenvalue weighted by molar-refractivity contribution is 7.89. The van der Waals surface area contributed by atoms with E-state index in [1.807, 2.05) is 12.1 Å². The molecule has 1 aromatic rings. The van der Waals surface area contributed by atoms with E-state index in [0.717, 1.165) is 12.0 Å². The summed E-state index contributed by atoms with van der Waals surface area (Å²) in [4.78, 5) is 12.1. The Kier molecular flexibility index (Phi) is 8.67. The second-order valence-electron chi connectivity index (χ2n) is 8.94. The minimum absolute atomic E-state index is 0.0352. The molecule has 0 saturated heterocycles. The van der Waals surface area contributed by atoms with Crippen LogP contribution < -0.4 is 10.0 Å². The van der Waals surface area contributed by atoms with Gasteiger partial charge in [-0.25, -0.2) is 13.1 Å². The molecule has 6 nitrogen and oxygen atoms in total. The Morgan fingerprint density at radius 2 is 1.76 bits per heavy atom. The highest BCUT2D eigenvalue weighted by Crippen LogP contribution is 2.26. The minimum Gasteiger partial charge on any atom is -0.376 e. The van der Waals surface area contributed by atoms with Gasteiger partial charge in [0.15, 0.2) is 0 Å². The van der Waals surface area contributed by atoms with E-state index in [4.69, 9.17) is 4.74 Å². The molecule has 1 fully saturated rings. The maximum absolute atomic E-state index is 12.4. The standard InChI is InChI=1S/C22H36N2O4S/c1-17-7-5-6-8-20(17)28-16-15-23-21(25)13-14-24-29(26,27)19-11-9-18(10-12-19)22(2,3)4/h9-12,17,20,24H,5-8,13-16H2,1-4H3,(H,23,25). The average Bonchev–Trinajstić information content (AvgIpc) is 2.66. The number of hydrogen-bond donors (Lipinski definition) is 2. The Hall–Kier alpha value is -1.44. The second kappa shape index (κ2) is 10.5. The molecule has 2 N–H and O–H groups in total. The minimum atomic E-state index is -3.62. The SMILES string of the molecule is CC1CCCCC1OCCNC(=O)CCNS(=O)(=O)c1ccc(C(C)(C)C)cc1. The van der Waals surface area contributed by atoms with Crippen molar-refractivity contribution >= 4 is 15.9 Å². The molecule has 0 aromatic heterocycles. The van der Waals surface area contributed by atoms with Crippen molar-refractivity contribution in [1.82, 2.24) is 10.0 Å². The zero-order valence-corrected chi connectivity index (χ0v) is 19.0. The molecule has 0 radical (unpaired) electrons. The van der Waals surface area contributed by atoms with Crippen molar-refractivity contribution in [2.45, 2.75) is 76.2 Å². The van der Waals surface area contributed by atoms with Crippen LogP contribution >= 0.6 is 0 Å². The van der Waals surface area contributed by atoms with Crippen molar-refractivity contribution < 1.29 is 17.9 Å². The van der Waals surface area contributed by atoms with Gasteiger partial charge >= 0.3 is 0 Å². The van der Waals surface area contributed by atoms with Crippen molar-refractivity contribution in [3.63, 3.8) is 0 Å². The van der Waals surface area contributed by atoms with E-state index in [-0.39, 0.29) is 35.3 Å². The number of amides is 1. The predicted molar refractivity (Wildman–Crippen MR) is 115 cm³/mol. The number of carbonyl (C=O) groups excluding carboxylic acids is 1. The Balaban J connectivity index is 1.68. The van der Waals surface area contributed by atoms with Crippen molar-refractivity contribution in [1.29, 1.82) is 0 Å². The monoisotopic (exact) mass is 424 g/mol. The summed E-state index contributed by atoms with van der Waals surface area (Å²) in [6.45, 7) is 9.45. The largest absolute Gasteiger partial charge is 0.376 e. The maximum Gasteiger partial charge on any atom is 0.240 e. The van der Waals surface area contributed by atoms with Gasteiger partial charge in [0.1, 0.15) is 0 Å². The number of sulfonamides is 1. The van der Waals surface area contributed by atoms with Crippen LogP contribution in [0.15, 0.2) is 29.2 Å². The number of nitrogens with one attached hydrogen (secondary N) is 2. The van der Waals surface area contributed by atoms with Crippen molar-refractivity contribution in [2.75, 3.05) is 19.7 Å². The smallest absolute Gasteiger partial charge is 0.240 e. The molecule has 0 heterocycles. The zero-order chi connectivity index (χ0) is 21.5. The molecule has 1 amide bonds. The summed E-state index contributed by atoms with van der Waals surface area (Å²) in [6, 6.07) is 6.86. The van der Waals surface area contributed by atoms with Gasteiger partial charge in [-0.05, 0) is 41.9 Å². The van der Waals surface area contributed by atoms with Gasteiger partial charge in [-0.3, -0.25) is 4.79 Å². The highest BCUT2D eigenvalue weighted by Gasteiger charge is 2.21. The van der Waals surface area contributed by atoms with E-state index in [1.165, 1.54) is 19.3 Å². The fourth-order valence-electron chi connectivity index (χ4n) is 3.54. The van der Waals surface area contributed by atoms with Gasteiger partial charge in [-0.2, -0.15) is 0 Å². The van der Waals surface area contributed by atoms with Gasteiger partial charge in [-0.1, -0.05) is 52.7 Å². The predicted octanol–water partition coefficient (Wildman–Crippen LogP) is 3.36. The molecular formula is C22H36N2O4S. The van der Waals surface area contributed by atoms with Gasteiger partial charge in [-0.15, -0.1) is 0 Å². The molecule has 2 rings (SSSR count). The van der Waals surface area contributed by atoms with Crippen LogP contribution in [0.3, 0.4) is 0 Å². The van der Waals surface area contributed by atoms with Crippen molar-refractivity contribution in [2.24, 2.45) is 5.92 Å². The lowest BCUT2D eigenvalue weighted by molar-refractivity contribution is -0.121. The van der Waals surface area contributed by atoms with E-state index >= 15 is 0 Å². The molecule has 7 heteroatoms. The molecule has 2 unspecified atom stereocenters. The van der Waals surface area contributed by atoms with Gasteiger partial charge in [0.05, 0.1) is 17.6 Å². The van der Waals surface area contributed by atoms with Gasteiger partial charge in [0.2, 0.25) is 15.9 Å². The summed E-state index contributed by atoms with van der Waals surface area (Å²) >= 11 is 0. The van der Waals surface area contributed by atoms with Crippen LogP contribution in [0.5, 0.6) is 0 Å². The lowest BCUT2D eigenvalue weighted by atomic mass is 9.87. The Morgan fingerprint density at radius 1 is 1.10 bits per heavy atom. The summed E-state index contributed by atoms with van der Waals surface area (Å²) in [5.41, 5.74) is 1.03. The van der Waals surface area contributed by atoms with E-state index in [9.17, 15) is 13.2 Å². The summed E-state index contributed by atoms with van der Waals surface area (Å²) in [6.07, 6.45) is 5.16. The molecule has 1 aliphatic carbocycles. The van der Waals surface area contributed by atoms with Crippen molar-refractivity contribution in [3.05, 3.63) is 29.8 Å². The first-order chi connectivity index (χ1) is 13.6. The molecule has 0 aliphatic heterocycles. The first-order valence-corrected chi connectivity index (χ1v) is 12.1. The van der Waals surface area contributed by atoms with E-state index < -0.39 is 10.0 Å². The molecule has 29 heavy (non-hydrogen) atoms. The fourth-order valence-corrected chi connectivity index (χ4v) is 4.57. The Morgan fingerprint density at radius 3 is 2.38 bits per heavy atom. The summed E-state index contributed by atoms with van der Waals surface area (Å²) in [5.74, 6) is 0.391. The lowest BCUT2D eigenvalue weighted by Gasteiger charge is -2.28. The van der Waals surface area contributed by atoms with Crippen LogP contribution in [0.2, 0.25) is 0 Å². The molecule has 0 spiro atoms. The number of carbonyl (C=O) groups is 1. The van der Waals surface area contributed by atoms with Crippen LogP contribution in [0.1, 0.15) is 65.4 Å². The number of ether oxygens (including phenoxy) is 1. The fraction of sp³-hybridized carbons (Fsp3) is 0.682. The van der Waals surface area contributed by atoms with Crippen LogP contribution in [-0.4, -0.2) is 40.1 Å². The number of benzene rings is 1. The van der Waals surface area contributed by atoms with Crippen LogP contribution in [0.4, 0.5) is 0 Å². The normalized spacial score (nSPS) is 20.4. The Bertz CT molecular complexity index is 754. The summed E-state index contributed by atoms with van der Waals surface area (Å²) in [5, 5.41) is 2.79. The van der Waals surface area contributed by atoms with Gasteiger partial charge in [0, 0.05) is 19.5 Å². The second-order valence-corrected chi connectivity index (χ2v) is 10.7. The van der Waals surface area contributed by atoms with Gasteiger partial charge < -0.3 is 10.1 Å². The van der Waals surface area contributed by atoms with Crippen LogP contribution in [0, 0.1) is 5.92 Å². The first kappa shape index (κ1) is 23.8. The zero-order valence-electron chi connectivity index (χ0n) is 18.2. The van der Waals surface area contributed by atoms with Gasteiger partial charge in [0.25, 0.3) is 0 Å². The third-order valence-electron chi connectivity index (χ3n) is 5.46. The quantitative estimate of drug-likeness (QED) is 0.595. The summed E-state index contributed by atoms with van der Waals surface area (Å²) in [7, 11) is -3.62. The van der Waals surface area contributed by atoms with E-state index in [2.05, 4.69) is 37.7 Å². The summed E-state index contributed by atoms with van der Waals surface area (Å²) < 4.78 is 33.1. The third kappa shape index (κ3) is 7.72. The number of rotatable bonds is 9. The number of hydrogen-bond acceptors (Lipinski definition) is 4. The molecule has 1 saturated carbocycles.